The number of anilines is 3. The molecule has 1 heterocycles. The minimum atomic E-state index is -4.14. The van der Waals surface area contributed by atoms with E-state index in [1.807, 2.05) is 0 Å². The number of carbonyl (C=O) groups is 2. The molecule has 5 aromatic rings. The number of benzene rings is 4. The largest absolute Gasteiger partial charge is 0.506 e. The Morgan fingerprint density at radius 1 is 0.895 bits per heavy atom. The lowest BCUT2D eigenvalue weighted by Crippen LogP contribution is -2.25. The van der Waals surface area contributed by atoms with Crippen molar-refractivity contribution in [1.29, 1.82) is 0 Å². The van der Waals surface area contributed by atoms with Gasteiger partial charge in [-0.2, -0.15) is 0 Å². The topological polar surface area (TPSA) is 239 Å². The van der Waals surface area contributed by atoms with E-state index < -0.39 is 37.8 Å². The summed E-state index contributed by atoms with van der Waals surface area (Å²) in [6.07, 6.45) is 4.58. The van der Waals surface area contributed by atoms with E-state index in [-0.39, 0.29) is 44.6 Å². The number of phenols is 1. The van der Waals surface area contributed by atoms with Gasteiger partial charge in [0.15, 0.2) is 0 Å². The van der Waals surface area contributed by atoms with Gasteiger partial charge < -0.3 is 36.6 Å². The minimum absolute atomic E-state index is 0.0101. The predicted octanol–water partition coefficient (Wildman–Crippen LogP) is 4.92. The van der Waals surface area contributed by atoms with E-state index >= 15 is 0 Å². The number of nitrogens with one attached hydrogen (secondary N) is 4. The number of sulfone groups is 1. The highest BCUT2D eigenvalue weighted by atomic mass is 32.2. The molecule has 8 N–H and O–H groups in total. The summed E-state index contributed by atoms with van der Waals surface area (Å²) in [6, 6.07) is 20.0. The molecule has 5 rings (SSSR count). The van der Waals surface area contributed by atoms with Crippen LogP contribution in [0.4, 0.5) is 17.1 Å². The van der Waals surface area contributed by atoms with Gasteiger partial charge in [-0.25, -0.2) is 16.8 Å². The van der Waals surface area contributed by atoms with Crippen molar-refractivity contribution in [2.75, 3.05) is 43.0 Å². The maximum absolute atomic E-state index is 14.0. The number of methoxy groups -OCH3 is 1. The molecular weight excluding hydrogens is 773 g/mol. The minimum Gasteiger partial charge on any atom is -0.506 e. The maximum Gasteiger partial charge on any atom is 0.252 e. The number of aryl methyl sites for hydroxylation is 1. The second kappa shape index (κ2) is 18.5. The molecular formula is C40H46N6O9S2. The van der Waals surface area contributed by atoms with Crippen LogP contribution in [0.15, 0.2) is 94.9 Å². The van der Waals surface area contributed by atoms with Crippen LogP contribution in [-0.4, -0.2) is 76.8 Å². The molecule has 0 bridgehead atoms. The van der Waals surface area contributed by atoms with Gasteiger partial charge in [0.1, 0.15) is 11.5 Å². The predicted molar refractivity (Wildman–Crippen MR) is 218 cm³/mol. The molecule has 0 spiro atoms. The Morgan fingerprint density at radius 3 is 2.35 bits per heavy atom. The fourth-order valence-electron chi connectivity index (χ4n) is 6.14. The summed E-state index contributed by atoms with van der Waals surface area (Å²) in [7, 11) is -6.22. The molecule has 0 fully saturated rings. The number of aromatic hydroxyl groups is 1. The second-order valence-corrected chi connectivity index (χ2v) is 17.2. The van der Waals surface area contributed by atoms with E-state index in [0.29, 0.717) is 53.0 Å². The number of nitrogens with two attached hydrogens (primary N) is 1. The van der Waals surface area contributed by atoms with Crippen LogP contribution in [0.5, 0.6) is 11.5 Å². The molecule has 0 aliphatic carbocycles. The van der Waals surface area contributed by atoms with Gasteiger partial charge in [0.05, 0.1) is 51.7 Å². The lowest BCUT2D eigenvalue weighted by molar-refractivity contribution is 0.0951. The summed E-state index contributed by atoms with van der Waals surface area (Å²) in [5.41, 5.74) is 8.28. The zero-order chi connectivity index (χ0) is 41.3. The highest BCUT2D eigenvalue weighted by Gasteiger charge is 2.23. The molecule has 17 heteroatoms. The molecule has 0 saturated heterocycles. The average molecular weight is 819 g/mol. The molecule has 2 amide bonds. The molecule has 15 nitrogen and oxygen atoms in total. The summed E-state index contributed by atoms with van der Waals surface area (Å²) >= 11 is 0. The first-order valence-electron chi connectivity index (χ1n) is 18.0. The molecule has 0 aliphatic heterocycles. The first-order chi connectivity index (χ1) is 27.1. The van der Waals surface area contributed by atoms with Crippen LogP contribution in [0.1, 0.15) is 63.6 Å². The van der Waals surface area contributed by atoms with Crippen LogP contribution in [0.2, 0.25) is 0 Å². The quantitative estimate of drug-likeness (QED) is 0.0434. The van der Waals surface area contributed by atoms with Gasteiger partial charge in [0, 0.05) is 42.0 Å². The summed E-state index contributed by atoms with van der Waals surface area (Å²) in [4.78, 5) is 29.8. The third-order valence-corrected chi connectivity index (χ3v) is 11.4. The Labute approximate surface area is 331 Å². The van der Waals surface area contributed by atoms with Crippen LogP contribution in [0, 0.1) is 6.92 Å². The summed E-state index contributed by atoms with van der Waals surface area (Å²) in [5, 5.41) is 30.0. The van der Waals surface area contributed by atoms with E-state index in [2.05, 4.69) is 25.7 Å². The number of amides is 2. The highest BCUT2D eigenvalue weighted by Crippen LogP contribution is 2.35. The number of fused-ring (bicyclic) bond motifs is 1. The van der Waals surface area contributed by atoms with Crippen molar-refractivity contribution in [2.45, 2.75) is 48.5 Å². The fourth-order valence-corrected chi connectivity index (χ4v) is 8.12. The smallest absolute Gasteiger partial charge is 0.252 e. The molecule has 4 aromatic carbocycles. The molecule has 1 atom stereocenters. The number of hydrogen-bond acceptors (Lipinski definition) is 12. The number of unbranched alkanes of at least 4 members (excludes halogenated alkanes) is 3. The van der Waals surface area contributed by atoms with Gasteiger partial charge in [-0.05, 0) is 92.0 Å². The average Bonchev–Trinajstić information content (AvgIpc) is 3.17. The first kappa shape index (κ1) is 42.4. The number of aliphatic hydroxyl groups is 1. The van der Waals surface area contributed by atoms with Crippen molar-refractivity contribution in [3.63, 3.8) is 0 Å². The highest BCUT2D eigenvalue weighted by molar-refractivity contribution is 7.92. The number of hydrogen-bond donors (Lipinski definition) is 7. The first-order valence-corrected chi connectivity index (χ1v) is 21.4. The van der Waals surface area contributed by atoms with Crippen molar-refractivity contribution >= 4 is 59.6 Å². The number of rotatable bonds is 19. The number of aliphatic hydroxyl groups excluding tert-OH is 1. The van der Waals surface area contributed by atoms with Gasteiger partial charge in [0.25, 0.3) is 11.8 Å². The van der Waals surface area contributed by atoms with Gasteiger partial charge in [-0.15, -0.1) is 0 Å². The normalized spacial score (nSPS) is 12.2. The number of aromatic nitrogens is 1. The van der Waals surface area contributed by atoms with E-state index in [1.165, 1.54) is 61.8 Å². The number of pyridine rings is 1. The number of primary amides is 1. The van der Waals surface area contributed by atoms with Gasteiger partial charge in [0.2, 0.25) is 19.9 Å². The summed E-state index contributed by atoms with van der Waals surface area (Å²) < 4.78 is 58.7. The van der Waals surface area contributed by atoms with Crippen LogP contribution in [0.3, 0.4) is 0 Å². The van der Waals surface area contributed by atoms with Crippen molar-refractivity contribution in [2.24, 2.45) is 5.73 Å². The standard InChI is InChI=1S/C40H46N6O9S2/c1-25-18-31(22-32-37(25)44-23-33(39(41)49)38(32)45-28-11-9-12-29(21-28)55-2)57(53,54)30-13-8-10-27(19-30)40(50)43-17-7-5-4-6-16-42-24-36(48)26-14-15-35(47)34(20-26)46-56(3,51)52/h8-15,18-23,36,42,46-48H,4-7,16-17,24H2,1-3H3,(H2,41,49)(H,43,50)(H,44,45)/t36-/m0/s1. The number of nitrogens with zero attached hydrogens (tertiary/aromatic N) is 1. The lowest BCUT2D eigenvalue weighted by atomic mass is 10.1. The van der Waals surface area contributed by atoms with Crippen LogP contribution >= 0.6 is 0 Å². The zero-order valence-corrected chi connectivity index (χ0v) is 33.3. The van der Waals surface area contributed by atoms with Crippen molar-refractivity contribution in [3.05, 3.63) is 107 Å². The van der Waals surface area contributed by atoms with E-state index in [0.717, 1.165) is 25.5 Å². The van der Waals surface area contributed by atoms with E-state index in [4.69, 9.17) is 10.5 Å². The molecule has 302 valence electrons. The van der Waals surface area contributed by atoms with Gasteiger partial charge in [-0.3, -0.25) is 19.3 Å². The lowest BCUT2D eigenvalue weighted by Gasteiger charge is -2.16. The summed E-state index contributed by atoms with van der Waals surface area (Å²) in [6.45, 7) is 2.95. The van der Waals surface area contributed by atoms with Crippen LogP contribution in [0.25, 0.3) is 10.9 Å². The molecule has 0 radical (unpaired) electrons. The maximum atomic E-state index is 14.0. The van der Waals surface area contributed by atoms with Crippen LogP contribution in [-0.2, 0) is 19.9 Å². The van der Waals surface area contributed by atoms with E-state index in [9.17, 15) is 36.6 Å². The Bertz CT molecular complexity index is 2500. The van der Waals surface area contributed by atoms with E-state index in [1.54, 1.807) is 37.3 Å². The number of sulfonamides is 1. The Morgan fingerprint density at radius 2 is 1.63 bits per heavy atom. The molecule has 0 unspecified atom stereocenters. The Kier molecular flexibility index (Phi) is 13.7. The monoisotopic (exact) mass is 818 g/mol. The second-order valence-electron chi connectivity index (χ2n) is 13.5. The third-order valence-electron chi connectivity index (χ3n) is 9.06. The molecule has 0 aliphatic rings. The SMILES string of the molecule is COc1cccc(Nc2c(C(N)=O)cnc3c(C)cc(S(=O)(=O)c4cccc(C(=O)NCCCCCCNC[C@H](O)c5ccc(O)c(NS(C)(=O)=O)c5)c4)cc23)c1. The zero-order valence-electron chi connectivity index (χ0n) is 31.7. The van der Waals surface area contributed by atoms with Gasteiger partial charge >= 0.3 is 0 Å². The Hall–Kier alpha value is -5.75. The van der Waals surface area contributed by atoms with Crippen molar-refractivity contribution < 1.29 is 41.4 Å². The van der Waals surface area contributed by atoms with Gasteiger partial charge in [-0.1, -0.05) is 31.0 Å². The molecule has 0 saturated carbocycles. The molecule has 57 heavy (non-hydrogen) atoms. The van der Waals surface area contributed by atoms with Crippen LogP contribution < -0.4 is 31.1 Å². The van der Waals surface area contributed by atoms with Crippen molar-refractivity contribution in [1.82, 2.24) is 15.6 Å². The fraction of sp³-hybridized carbons (Fsp3) is 0.275. The van der Waals surface area contributed by atoms with Crippen molar-refractivity contribution in [3.8, 4) is 11.5 Å². The number of ether oxygens (including phenoxy) is 1. The molecule has 1 aromatic heterocycles. The number of carbonyl (C=O) groups excluding carboxylic acids is 2. The number of phenolic OH excluding ortho intramolecular Hbond substituents is 1. The summed E-state index contributed by atoms with van der Waals surface area (Å²) in [5.74, 6) is -0.843. The Balaban J connectivity index is 1.16. The third kappa shape index (κ3) is 11.0.